The minimum atomic E-state index is 0.0812. The highest BCUT2D eigenvalue weighted by Crippen LogP contribution is 2.38. The van der Waals surface area contributed by atoms with E-state index in [-0.39, 0.29) is 5.75 Å². The Bertz CT molecular complexity index is 841. The molecule has 118 valence electrons. The fourth-order valence-electron chi connectivity index (χ4n) is 2.54. The van der Waals surface area contributed by atoms with E-state index < -0.39 is 0 Å². The lowest BCUT2D eigenvalue weighted by molar-refractivity contribution is 0.317. The number of hydrogen-bond donors (Lipinski definition) is 1. The highest BCUT2D eigenvalue weighted by Gasteiger charge is 2.22. The topological polar surface area (TPSA) is 59.6 Å². The Hall–Kier alpha value is -1.39. The first kappa shape index (κ1) is 16.5. The molecule has 0 amide bonds. The SMILES string of the molecule is CN1CCc2c(sc(N=Cc3cc(Cl)cc(Br)c3O)c2C#N)C1. The van der Waals surface area contributed by atoms with Gasteiger partial charge in [-0.1, -0.05) is 11.6 Å². The summed E-state index contributed by atoms with van der Waals surface area (Å²) in [7, 11) is 2.07. The number of nitriles is 1. The molecule has 0 atom stereocenters. The molecule has 1 N–H and O–H groups in total. The molecule has 7 heteroatoms. The maximum atomic E-state index is 10.1. The number of phenols is 1. The molecule has 0 fully saturated rings. The highest BCUT2D eigenvalue weighted by molar-refractivity contribution is 9.10. The molecule has 2 heterocycles. The van der Waals surface area contributed by atoms with Gasteiger partial charge in [0.05, 0.1) is 10.0 Å². The minimum absolute atomic E-state index is 0.0812. The quantitative estimate of drug-likeness (QED) is 0.743. The molecular weight excluding hydrogens is 398 g/mol. The van der Waals surface area contributed by atoms with Gasteiger partial charge >= 0.3 is 0 Å². The van der Waals surface area contributed by atoms with E-state index in [4.69, 9.17) is 11.6 Å². The number of hydrogen-bond acceptors (Lipinski definition) is 5. The van der Waals surface area contributed by atoms with Crippen molar-refractivity contribution >= 4 is 50.1 Å². The molecule has 2 aromatic rings. The molecule has 1 aliphatic heterocycles. The third-order valence-electron chi connectivity index (χ3n) is 3.72. The number of aromatic hydroxyl groups is 1. The predicted octanol–water partition coefficient (Wildman–Crippen LogP) is 4.48. The van der Waals surface area contributed by atoms with Crippen molar-refractivity contribution in [3.63, 3.8) is 0 Å². The predicted molar refractivity (Wildman–Crippen MR) is 97.1 cm³/mol. The summed E-state index contributed by atoms with van der Waals surface area (Å²) in [5.74, 6) is 0.0812. The van der Waals surface area contributed by atoms with Crippen LogP contribution in [0.3, 0.4) is 0 Å². The van der Waals surface area contributed by atoms with Crippen LogP contribution in [0.1, 0.15) is 21.6 Å². The Morgan fingerprint density at radius 2 is 2.30 bits per heavy atom. The monoisotopic (exact) mass is 409 g/mol. The number of nitrogens with zero attached hydrogens (tertiary/aromatic N) is 3. The number of phenolic OH excluding ortho intramolecular Hbond substituents is 1. The first-order valence-corrected chi connectivity index (χ1v) is 8.93. The molecule has 0 unspecified atom stereocenters. The Morgan fingerprint density at radius 3 is 3.04 bits per heavy atom. The van der Waals surface area contributed by atoms with Crippen molar-refractivity contribution in [2.24, 2.45) is 4.99 Å². The molecule has 1 aromatic carbocycles. The summed E-state index contributed by atoms with van der Waals surface area (Å²) >= 11 is 10.8. The zero-order valence-electron chi connectivity index (χ0n) is 12.3. The first-order chi connectivity index (χ1) is 11.0. The lowest BCUT2D eigenvalue weighted by atomic mass is 10.0. The molecule has 0 aliphatic carbocycles. The van der Waals surface area contributed by atoms with Crippen LogP contribution in [0.2, 0.25) is 5.02 Å². The van der Waals surface area contributed by atoms with E-state index in [1.54, 1.807) is 18.3 Å². The number of benzene rings is 1. The van der Waals surface area contributed by atoms with E-state index in [1.807, 2.05) is 0 Å². The van der Waals surface area contributed by atoms with Gasteiger partial charge in [-0.25, -0.2) is 4.99 Å². The van der Waals surface area contributed by atoms with Crippen molar-refractivity contribution in [1.29, 1.82) is 5.26 Å². The van der Waals surface area contributed by atoms with Crippen LogP contribution in [0, 0.1) is 11.3 Å². The fourth-order valence-corrected chi connectivity index (χ4v) is 4.59. The van der Waals surface area contributed by atoms with Crippen LogP contribution in [-0.2, 0) is 13.0 Å². The van der Waals surface area contributed by atoms with Crippen LogP contribution >= 0.6 is 38.9 Å². The molecule has 0 bridgehead atoms. The van der Waals surface area contributed by atoms with Crippen molar-refractivity contribution in [3.8, 4) is 11.8 Å². The Kier molecular flexibility index (Phi) is 4.74. The Morgan fingerprint density at radius 1 is 1.52 bits per heavy atom. The lowest BCUT2D eigenvalue weighted by Gasteiger charge is -2.21. The van der Waals surface area contributed by atoms with E-state index in [0.717, 1.165) is 25.1 Å². The summed E-state index contributed by atoms with van der Waals surface area (Å²) in [4.78, 5) is 7.86. The van der Waals surface area contributed by atoms with E-state index in [2.05, 4.69) is 38.9 Å². The van der Waals surface area contributed by atoms with Gasteiger partial charge in [-0.2, -0.15) is 5.26 Å². The van der Waals surface area contributed by atoms with Gasteiger partial charge in [-0.15, -0.1) is 11.3 Å². The molecule has 0 spiro atoms. The molecule has 4 nitrogen and oxygen atoms in total. The molecule has 0 saturated carbocycles. The van der Waals surface area contributed by atoms with E-state index in [0.29, 0.717) is 25.6 Å². The van der Waals surface area contributed by atoms with Crippen molar-refractivity contribution in [3.05, 3.63) is 43.2 Å². The molecule has 3 rings (SSSR count). The third-order valence-corrected chi connectivity index (χ3v) is 5.67. The Balaban J connectivity index is 2.00. The third kappa shape index (κ3) is 3.29. The van der Waals surface area contributed by atoms with Crippen LogP contribution in [0.4, 0.5) is 5.00 Å². The second-order valence-corrected chi connectivity index (χ2v) is 7.74. The molecule has 0 saturated heterocycles. The van der Waals surface area contributed by atoms with Gasteiger partial charge in [0.15, 0.2) is 0 Å². The maximum absolute atomic E-state index is 10.1. The average molecular weight is 411 g/mol. The number of halogens is 2. The van der Waals surface area contributed by atoms with Crippen LogP contribution < -0.4 is 0 Å². The zero-order chi connectivity index (χ0) is 16.6. The van der Waals surface area contributed by atoms with E-state index in [9.17, 15) is 10.4 Å². The summed E-state index contributed by atoms with van der Waals surface area (Å²) in [5, 5.41) is 20.7. The van der Waals surface area contributed by atoms with Gasteiger partial charge in [-0.05, 0) is 47.1 Å². The van der Waals surface area contributed by atoms with Gasteiger partial charge < -0.3 is 10.0 Å². The van der Waals surface area contributed by atoms with Crippen molar-refractivity contribution < 1.29 is 5.11 Å². The minimum Gasteiger partial charge on any atom is -0.506 e. The van der Waals surface area contributed by atoms with Gasteiger partial charge in [0.1, 0.15) is 16.8 Å². The fraction of sp³-hybridized carbons (Fsp3) is 0.250. The lowest BCUT2D eigenvalue weighted by Crippen LogP contribution is -2.25. The van der Waals surface area contributed by atoms with Gasteiger partial charge in [0.25, 0.3) is 0 Å². The molecule has 23 heavy (non-hydrogen) atoms. The number of thiophene rings is 1. The number of aliphatic imine (C=N–C) groups is 1. The summed E-state index contributed by atoms with van der Waals surface area (Å²) in [6, 6.07) is 5.53. The van der Waals surface area contributed by atoms with E-state index in [1.165, 1.54) is 16.2 Å². The van der Waals surface area contributed by atoms with E-state index >= 15 is 0 Å². The molecule has 1 aliphatic rings. The largest absolute Gasteiger partial charge is 0.506 e. The normalized spacial score (nSPS) is 14.9. The van der Waals surface area contributed by atoms with Gasteiger partial charge in [0, 0.05) is 34.8 Å². The van der Waals surface area contributed by atoms with Crippen LogP contribution in [-0.4, -0.2) is 29.8 Å². The second-order valence-electron chi connectivity index (χ2n) is 5.37. The molecule has 0 radical (unpaired) electrons. The average Bonchev–Trinajstić information content (AvgIpc) is 2.85. The van der Waals surface area contributed by atoms with Crippen molar-refractivity contribution in [1.82, 2.24) is 4.90 Å². The summed E-state index contributed by atoms with van der Waals surface area (Å²) in [6.45, 7) is 1.79. The molecular formula is C16H13BrClN3OS. The number of likely N-dealkylation sites (N-methyl/N-ethyl adjacent to an activating group) is 1. The Labute approximate surface area is 151 Å². The summed E-state index contributed by atoms with van der Waals surface area (Å²) in [6.07, 6.45) is 2.42. The number of fused-ring (bicyclic) bond motifs is 1. The highest BCUT2D eigenvalue weighted by atomic mass is 79.9. The summed E-state index contributed by atoms with van der Waals surface area (Å²) < 4.78 is 0.513. The van der Waals surface area contributed by atoms with Crippen LogP contribution in [0.15, 0.2) is 21.6 Å². The maximum Gasteiger partial charge on any atom is 0.138 e. The van der Waals surface area contributed by atoms with Gasteiger partial charge in [-0.3, -0.25) is 0 Å². The van der Waals surface area contributed by atoms with Crippen molar-refractivity contribution in [2.75, 3.05) is 13.6 Å². The second kappa shape index (κ2) is 6.62. The standard InChI is InChI=1S/C16H13BrClN3OS/c1-21-3-2-11-12(6-19)16(23-14(11)8-21)20-7-9-4-10(18)5-13(17)15(9)22/h4-5,7,22H,2-3,8H2,1H3. The molecule has 1 aromatic heterocycles. The summed E-state index contributed by atoms with van der Waals surface area (Å²) in [5.41, 5.74) is 2.27. The van der Waals surface area contributed by atoms with Crippen molar-refractivity contribution in [2.45, 2.75) is 13.0 Å². The van der Waals surface area contributed by atoms with Gasteiger partial charge in [0.2, 0.25) is 0 Å². The van der Waals surface area contributed by atoms with Crippen LogP contribution in [0.5, 0.6) is 5.75 Å². The number of rotatable bonds is 2. The smallest absolute Gasteiger partial charge is 0.138 e. The zero-order valence-corrected chi connectivity index (χ0v) is 15.5. The van der Waals surface area contributed by atoms with Crippen LogP contribution in [0.25, 0.3) is 0 Å². The first-order valence-electron chi connectivity index (χ1n) is 6.95.